The number of rotatable bonds is 2. The average molecular weight is 305 g/mol. The molecule has 1 aromatic heterocycles. The Kier molecular flexibility index (Phi) is 3.70. The molecule has 7 heteroatoms. The summed E-state index contributed by atoms with van der Waals surface area (Å²) in [6.45, 7) is 3.41. The number of aromatic nitrogens is 2. The zero-order chi connectivity index (χ0) is 14.8. The summed E-state index contributed by atoms with van der Waals surface area (Å²) in [4.78, 5) is 12.6. The number of hydrogen-bond donors (Lipinski definition) is 2. The van der Waals surface area contributed by atoms with Crippen molar-refractivity contribution in [3.05, 3.63) is 35.4 Å². The van der Waals surface area contributed by atoms with Gasteiger partial charge in [0.05, 0.1) is 10.7 Å². The molecule has 6 nitrogen and oxygen atoms in total. The summed E-state index contributed by atoms with van der Waals surface area (Å²) in [6, 6.07) is 9.64. The van der Waals surface area contributed by atoms with Crippen molar-refractivity contribution in [3.63, 3.8) is 0 Å². The normalized spacial score (nSPS) is 15.3. The predicted molar refractivity (Wildman–Crippen MR) is 86.7 cm³/mol. The van der Waals surface area contributed by atoms with Crippen LogP contribution in [0.2, 0.25) is 5.02 Å². The Morgan fingerprint density at radius 2 is 1.62 bits per heavy atom. The van der Waals surface area contributed by atoms with E-state index >= 15 is 0 Å². The summed E-state index contributed by atoms with van der Waals surface area (Å²) in [5.41, 5.74) is 12.4. The highest BCUT2D eigenvalue weighted by atomic mass is 35.5. The number of hydrogen-bond acceptors (Lipinski definition) is 6. The van der Waals surface area contributed by atoms with Crippen molar-refractivity contribution in [2.45, 2.75) is 0 Å². The van der Waals surface area contributed by atoms with Crippen LogP contribution in [0.15, 0.2) is 30.3 Å². The van der Waals surface area contributed by atoms with Gasteiger partial charge in [0.25, 0.3) is 0 Å². The van der Waals surface area contributed by atoms with Crippen molar-refractivity contribution in [3.8, 4) is 0 Å². The molecule has 2 aromatic rings. The van der Waals surface area contributed by atoms with Gasteiger partial charge in [-0.1, -0.05) is 23.7 Å². The fourth-order valence-corrected chi connectivity index (χ4v) is 2.77. The smallest absolute Gasteiger partial charge is 0.223 e. The standard InChI is InChI=1S/C14H17ClN6/c15-10-3-1-2-4-11(10)20-5-7-21(8-6-20)13-9-12(16)18-14(17)19-13/h1-4,9H,5-8H2,(H4,16,17,18,19). The van der Waals surface area contributed by atoms with Crippen LogP contribution in [0.3, 0.4) is 0 Å². The van der Waals surface area contributed by atoms with Crippen LogP contribution >= 0.6 is 11.6 Å². The molecule has 1 aromatic carbocycles. The van der Waals surface area contributed by atoms with Gasteiger partial charge in [0, 0.05) is 32.2 Å². The number of para-hydroxylation sites is 1. The summed E-state index contributed by atoms with van der Waals surface area (Å²) < 4.78 is 0. The van der Waals surface area contributed by atoms with E-state index in [9.17, 15) is 0 Å². The van der Waals surface area contributed by atoms with Crippen LogP contribution in [0.5, 0.6) is 0 Å². The second-order valence-electron chi connectivity index (χ2n) is 4.93. The molecule has 3 rings (SSSR count). The van der Waals surface area contributed by atoms with Crippen LogP contribution in [0.25, 0.3) is 0 Å². The Labute approximate surface area is 128 Å². The lowest BCUT2D eigenvalue weighted by Gasteiger charge is -2.37. The van der Waals surface area contributed by atoms with Gasteiger partial charge in [-0.15, -0.1) is 0 Å². The van der Waals surface area contributed by atoms with Gasteiger partial charge in [-0.05, 0) is 12.1 Å². The molecule has 21 heavy (non-hydrogen) atoms. The zero-order valence-corrected chi connectivity index (χ0v) is 12.3. The number of nitrogens with zero attached hydrogens (tertiary/aromatic N) is 4. The second-order valence-corrected chi connectivity index (χ2v) is 5.34. The Morgan fingerprint density at radius 1 is 0.952 bits per heavy atom. The first-order valence-electron chi connectivity index (χ1n) is 6.78. The van der Waals surface area contributed by atoms with Gasteiger partial charge >= 0.3 is 0 Å². The van der Waals surface area contributed by atoms with Gasteiger partial charge in [0.2, 0.25) is 5.95 Å². The zero-order valence-electron chi connectivity index (χ0n) is 11.5. The summed E-state index contributed by atoms with van der Waals surface area (Å²) in [5, 5.41) is 0.779. The van der Waals surface area contributed by atoms with Crippen molar-refractivity contribution in [1.82, 2.24) is 9.97 Å². The van der Waals surface area contributed by atoms with Crippen LogP contribution in [-0.4, -0.2) is 36.1 Å². The SMILES string of the molecule is Nc1cc(N2CCN(c3ccccc3Cl)CC2)nc(N)n1. The maximum Gasteiger partial charge on any atom is 0.223 e. The Hall–Kier alpha value is -2.21. The monoisotopic (exact) mass is 304 g/mol. The molecule has 0 saturated carbocycles. The van der Waals surface area contributed by atoms with Crippen LogP contribution in [-0.2, 0) is 0 Å². The first kappa shape index (κ1) is 13.8. The highest BCUT2D eigenvalue weighted by Crippen LogP contribution is 2.27. The van der Waals surface area contributed by atoms with Crippen LogP contribution in [0.4, 0.5) is 23.3 Å². The maximum atomic E-state index is 6.24. The van der Waals surface area contributed by atoms with Gasteiger partial charge in [-0.2, -0.15) is 9.97 Å². The van der Waals surface area contributed by atoms with E-state index in [-0.39, 0.29) is 5.95 Å². The summed E-state index contributed by atoms with van der Waals surface area (Å²) in [6.07, 6.45) is 0. The molecule has 1 saturated heterocycles. The van der Waals surface area contributed by atoms with Crippen molar-refractivity contribution in [2.24, 2.45) is 0 Å². The van der Waals surface area contributed by atoms with E-state index in [1.165, 1.54) is 0 Å². The minimum atomic E-state index is 0.207. The lowest BCUT2D eigenvalue weighted by atomic mass is 10.2. The van der Waals surface area contributed by atoms with Crippen molar-refractivity contribution < 1.29 is 0 Å². The molecule has 1 fully saturated rings. The van der Waals surface area contributed by atoms with E-state index in [0.717, 1.165) is 42.7 Å². The molecule has 0 bridgehead atoms. The van der Waals surface area contributed by atoms with Gasteiger partial charge in [0.15, 0.2) is 0 Å². The number of anilines is 4. The van der Waals surface area contributed by atoms with Crippen molar-refractivity contribution in [2.75, 3.05) is 47.4 Å². The molecular weight excluding hydrogens is 288 g/mol. The third-order valence-electron chi connectivity index (χ3n) is 3.55. The van der Waals surface area contributed by atoms with E-state index in [2.05, 4.69) is 19.8 Å². The molecule has 110 valence electrons. The van der Waals surface area contributed by atoms with Gasteiger partial charge in [-0.25, -0.2) is 0 Å². The van der Waals surface area contributed by atoms with E-state index < -0.39 is 0 Å². The number of halogens is 1. The summed E-state index contributed by atoms with van der Waals surface area (Å²) >= 11 is 6.24. The Balaban J connectivity index is 1.72. The van der Waals surface area contributed by atoms with E-state index in [4.69, 9.17) is 23.1 Å². The number of nitrogen functional groups attached to an aromatic ring is 2. The average Bonchev–Trinajstić information content (AvgIpc) is 2.47. The third-order valence-corrected chi connectivity index (χ3v) is 3.87. The molecule has 2 heterocycles. The number of piperazine rings is 1. The van der Waals surface area contributed by atoms with Crippen LogP contribution in [0, 0.1) is 0 Å². The van der Waals surface area contributed by atoms with Gasteiger partial charge in [0.1, 0.15) is 11.6 Å². The molecular formula is C14H17ClN6. The number of benzene rings is 1. The minimum Gasteiger partial charge on any atom is -0.383 e. The number of nitrogens with two attached hydrogens (primary N) is 2. The van der Waals surface area contributed by atoms with Crippen molar-refractivity contribution >= 4 is 34.9 Å². The summed E-state index contributed by atoms with van der Waals surface area (Å²) in [7, 11) is 0. The third kappa shape index (κ3) is 2.95. The van der Waals surface area contributed by atoms with Crippen molar-refractivity contribution in [1.29, 1.82) is 0 Å². The lowest BCUT2D eigenvalue weighted by Crippen LogP contribution is -2.47. The van der Waals surface area contributed by atoms with E-state index in [1.54, 1.807) is 6.07 Å². The first-order chi connectivity index (χ1) is 10.1. The second kappa shape index (κ2) is 5.65. The largest absolute Gasteiger partial charge is 0.383 e. The molecule has 1 aliphatic rings. The minimum absolute atomic E-state index is 0.207. The molecule has 4 N–H and O–H groups in total. The highest BCUT2D eigenvalue weighted by Gasteiger charge is 2.20. The topological polar surface area (TPSA) is 84.3 Å². The molecule has 0 atom stereocenters. The van der Waals surface area contributed by atoms with Gasteiger partial charge < -0.3 is 21.3 Å². The lowest BCUT2D eigenvalue weighted by molar-refractivity contribution is 0.647. The molecule has 1 aliphatic heterocycles. The molecule has 0 radical (unpaired) electrons. The first-order valence-corrected chi connectivity index (χ1v) is 7.16. The van der Waals surface area contributed by atoms with Gasteiger partial charge in [-0.3, -0.25) is 0 Å². The van der Waals surface area contributed by atoms with E-state index in [0.29, 0.717) is 5.82 Å². The Bertz CT molecular complexity index is 619. The van der Waals surface area contributed by atoms with Crippen LogP contribution in [0.1, 0.15) is 0 Å². The highest BCUT2D eigenvalue weighted by molar-refractivity contribution is 6.33. The molecule has 0 spiro atoms. The summed E-state index contributed by atoms with van der Waals surface area (Å²) in [5.74, 6) is 1.38. The molecule has 0 amide bonds. The Morgan fingerprint density at radius 3 is 2.29 bits per heavy atom. The maximum absolute atomic E-state index is 6.24. The fourth-order valence-electron chi connectivity index (χ4n) is 2.52. The fraction of sp³-hybridized carbons (Fsp3) is 0.286. The predicted octanol–water partition coefficient (Wildman–Crippen LogP) is 1.62. The molecule has 0 unspecified atom stereocenters. The van der Waals surface area contributed by atoms with E-state index in [1.807, 2.05) is 24.3 Å². The van der Waals surface area contributed by atoms with Crippen LogP contribution < -0.4 is 21.3 Å². The molecule has 0 aliphatic carbocycles. The quantitative estimate of drug-likeness (QED) is 0.877.